The van der Waals surface area contributed by atoms with Crippen LogP contribution in [-0.4, -0.2) is 20.7 Å². The fourth-order valence-corrected chi connectivity index (χ4v) is 3.62. The summed E-state index contributed by atoms with van der Waals surface area (Å²) >= 11 is 6.05. The summed E-state index contributed by atoms with van der Waals surface area (Å²) in [5.41, 5.74) is 3.48. The molecule has 31 heavy (non-hydrogen) atoms. The maximum Gasteiger partial charge on any atom is 0.258 e. The number of carbonyl (C=O) groups is 1. The van der Waals surface area contributed by atoms with Crippen LogP contribution in [0.3, 0.4) is 0 Å². The molecule has 0 fully saturated rings. The first kappa shape index (κ1) is 19.1. The zero-order valence-corrected chi connectivity index (χ0v) is 17.1. The van der Waals surface area contributed by atoms with Crippen LogP contribution < -0.4 is 10.6 Å². The van der Waals surface area contributed by atoms with Crippen molar-refractivity contribution in [1.82, 2.24) is 14.8 Å². The van der Waals surface area contributed by atoms with Gasteiger partial charge in [-0.25, -0.2) is 4.68 Å². The van der Waals surface area contributed by atoms with Crippen molar-refractivity contribution in [2.24, 2.45) is 0 Å². The van der Waals surface area contributed by atoms with Gasteiger partial charge in [-0.2, -0.15) is 4.98 Å². The average Bonchev–Trinajstić information content (AvgIpc) is 3.22. The number of hydrogen-bond donors (Lipinski definition) is 2. The molecule has 1 atom stereocenters. The van der Waals surface area contributed by atoms with Gasteiger partial charge >= 0.3 is 0 Å². The molecule has 0 bridgehead atoms. The van der Waals surface area contributed by atoms with Crippen LogP contribution in [0, 0.1) is 0 Å². The molecular weight excluding hydrogens is 410 g/mol. The first-order chi connectivity index (χ1) is 15.2. The minimum atomic E-state index is -0.259. The third-order valence-corrected chi connectivity index (χ3v) is 5.28. The normalized spacial score (nSPS) is 14.9. The van der Waals surface area contributed by atoms with E-state index in [0.29, 0.717) is 16.5 Å². The highest BCUT2D eigenvalue weighted by Crippen LogP contribution is 2.33. The second-order valence-corrected chi connectivity index (χ2v) is 7.53. The van der Waals surface area contributed by atoms with E-state index in [0.717, 1.165) is 16.8 Å². The average molecular weight is 428 g/mol. The number of halogens is 1. The SMILES string of the molecule is O=C(Nc1nc2n(n1)[C@@H](c1ccccc1)C=C(c1ccc(Cl)cc1)N2)c1ccccc1. The van der Waals surface area contributed by atoms with Crippen molar-refractivity contribution in [2.45, 2.75) is 6.04 Å². The van der Waals surface area contributed by atoms with E-state index in [9.17, 15) is 4.79 Å². The molecule has 1 aliphatic rings. The van der Waals surface area contributed by atoms with Gasteiger partial charge in [-0.1, -0.05) is 72.3 Å². The molecule has 0 spiro atoms. The van der Waals surface area contributed by atoms with E-state index in [2.05, 4.69) is 26.8 Å². The Bertz CT molecular complexity index is 1250. The van der Waals surface area contributed by atoms with Crippen LogP contribution in [0.15, 0.2) is 91.0 Å². The second kappa shape index (κ2) is 8.08. The smallest absolute Gasteiger partial charge is 0.258 e. The van der Waals surface area contributed by atoms with E-state index in [-0.39, 0.29) is 17.9 Å². The fourth-order valence-electron chi connectivity index (χ4n) is 3.49. The van der Waals surface area contributed by atoms with E-state index in [4.69, 9.17) is 11.6 Å². The molecule has 4 aromatic rings. The quantitative estimate of drug-likeness (QED) is 0.467. The summed E-state index contributed by atoms with van der Waals surface area (Å²) < 4.78 is 1.77. The fraction of sp³-hybridized carbons (Fsp3) is 0.0417. The van der Waals surface area contributed by atoms with Crippen LogP contribution in [0.1, 0.15) is 27.5 Å². The molecule has 1 amide bonds. The summed E-state index contributed by atoms with van der Waals surface area (Å²) in [5.74, 6) is 0.526. The number of allylic oxidation sites excluding steroid dienone is 1. The van der Waals surface area contributed by atoms with Crippen molar-refractivity contribution < 1.29 is 4.79 Å². The van der Waals surface area contributed by atoms with Crippen LogP contribution >= 0.6 is 11.6 Å². The van der Waals surface area contributed by atoms with Crippen molar-refractivity contribution in [3.05, 3.63) is 113 Å². The lowest BCUT2D eigenvalue weighted by molar-refractivity contribution is 0.102. The van der Waals surface area contributed by atoms with Crippen molar-refractivity contribution in [2.75, 3.05) is 10.6 Å². The Morgan fingerprint density at radius 3 is 2.32 bits per heavy atom. The molecule has 3 aromatic carbocycles. The number of anilines is 2. The number of fused-ring (bicyclic) bond motifs is 1. The predicted octanol–water partition coefficient (Wildman–Crippen LogP) is 5.24. The Labute approximate surface area is 184 Å². The first-order valence-electron chi connectivity index (χ1n) is 9.80. The number of aromatic nitrogens is 3. The van der Waals surface area contributed by atoms with Gasteiger partial charge in [0.25, 0.3) is 11.9 Å². The molecule has 2 heterocycles. The van der Waals surface area contributed by atoms with E-state index < -0.39 is 0 Å². The highest BCUT2D eigenvalue weighted by Gasteiger charge is 2.25. The lowest BCUT2D eigenvalue weighted by atomic mass is 10.0. The van der Waals surface area contributed by atoms with Crippen molar-refractivity contribution in [1.29, 1.82) is 0 Å². The van der Waals surface area contributed by atoms with Crippen LogP contribution in [0.25, 0.3) is 5.70 Å². The number of rotatable bonds is 4. The minimum Gasteiger partial charge on any atom is -0.324 e. The molecule has 1 aliphatic heterocycles. The third kappa shape index (κ3) is 3.93. The Kier molecular flexibility index (Phi) is 4.98. The van der Waals surface area contributed by atoms with E-state index in [1.54, 1.807) is 16.8 Å². The molecule has 0 radical (unpaired) electrons. The minimum absolute atomic E-state index is 0.182. The van der Waals surface area contributed by atoms with Gasteiger partial charge in [-0.05, 0) is 41.5 Å². The Hall–Kier alpha value is -3.90. The number of hydrogen-bond acceptors (Lipinski definition) is 4. The van der Waals surface area contributed by atoms with Gasteiger partial charge in [0.05, 0.1) is 0 Å². The van der Waals surface area contributed by atoms with E-state index in [1.807, 2.05) is 72.8 Å². The molecule has 6 nitrogen and oxygen atoms in total. The second-order valence-electron chi connectivity index (χ2n) is 7.09. The molecule has 0 aliphatic carbocycles. The Balaban J connectivity index is 1.51. The molecule has 152 valence electrons. The van der Waals surface area contributed by atoms with Gasteiger partial charge in [0.15, 0.2) is 0 Å². The monoisotopic (exact) mass is 427 g/mol. The van der Waals surface area contributed by atoms with Crippen molar-refractivity contribution in [3.8, 4) is 0 Å². The number of nitrogens with zero attached hydrogens (tertiary/aromatic N) is 3. The maximum absolute atomic E-state index is 12.5. The summed E-state index contributed by atoms with van der Waals surface area (Å²) in [4.78, 5) is 17.1. The maximum atomic E-state index is 12.5. The Morgan fingerprint density at radius 1 is 0.935 bits per heavy atom. The largest absolute Gasteiger partial charge is 0.324 e. The summed E-state index contributed by atoms with van der Waals surface area (Å²) in [6.45, 7) is 0. The number of carbonyl (C=O) groups excluding carboxylic acids is 1. The predicted molar refractivity (Wildman–Crippen MR) is 122 cm³/mol. The molecule has 7 heteroatoms. The molecular formula is C24H18ClN5O. The molecule has 0 saturated heterocycles. The lowest BCUT2D eigenvalue weighted by Crippen LogP contribution is -2.20. The van der Waals surface area contributed by atoms with Crippen LogP contribution in [0.2, 0.25) is 5.02 Å². The Morgan fingerprint density at radius 2 is 1.61 bits per heavy atom. The van der Waals surface area contributed by atoms with Crippen LogP contribution in [-0.2, 0) is 0 Å². The number of amides is 1. The van der Waals surface area contributed by atoms with Crippen molar-refractivity contribution in [3.63, 3.8) is 0 Å². The van der Waals surface area contributed by atoms with Gasteiger partial charge in [-0.15, -0.1) is 5.10 Å². The first-order valence-corrected chi connectivity index (χ1v) is 10.2. The van der Waals surface area contributed by atoms with Crippen molar-refractivity contribution >= 4 is 35.1 Å². The topological polar surface area (TPSA) is 71.8 Å². The van der Waals surface area contributed by atoms with E-state index >= 15 is 0 Å². The van der Waals surface area contributed by atoms with Gasteiger partial charge < -0.3 is 5.32 Å². The number of nitrogens with one attached hydrogen (secondary N) is 2. The van der Waals surface area contributed by atoms with Gasteiger partial charge in [-0.3, -0.25) is 10.1 Å². The highest BCUT2D eigenvalue weighted by atomic mass is 35.5. The van der Waals surface area contributed by atoms with Crippen LogP contribution in [0.5, 0.6) is 0 Å². The molecule has 2 N–H and O–H groups in total. The molecule has 5 rings (SSSR count). The highest BCUT2D eigenvalue weighted by molar-refractivity contribution is 6.30. The summed E-state index contributed by atoms with van der Waals surface area (Å²) in [7, 11) is 0. The van der Waals surface area contributed by atoms with Gasteiger partial charge in [0.1, 0.15) is 6.04 Å². The summed E-state index contributed by atoms with van der Waals surface area (Å²) in [5, 5.41) is 11.3. The zero-order chi connectivity index (χ0) is 21.2. The van der Waals surface area contributed by atoms with E-state index in [1.165, 1.54) is 0 Å². The zero-order valence-electron chi connectivity index (χ0n) is 16.4. The molecule has 1 aromatic heterocycles. The third-order valence-electron chi connectivity index (χ3n) is 5.02. The molecule has 0 unspecified atom stereocenters. The number of benzene rings is 3. The molecule has 0 saturated carbocycles. The van der Waals surface area contributed by atoms with Gasteiger partial charge in [0, 0.05) is 16.3 Å². The standard InChI is InChI=1S/C24H18ClN5O/c25-19-13-11-16(12-14-19)20-15-21(17-7-3-1-4-8-17)30-24(26-20)28-23(29-30)27-22(31)18-9-5-2-6-10-18/h1-15,21H,(H2,26,27,28,29,31)/t21-/m1/s1. The van der Waals surface area contributed by atoms with Gasteiger partial charge in [0.2, 0.25) is 5.95 Å². The lowest BCUT2D eigenvalue weighted by Gasteiger charge is -2.24. The summed E-state index contributed by atoms with van der Waals surface area (Å²) in [6.07, 6.45) is 2.09. The summed E-state index contributed by atoms with van der Waals surface area (Å²) in [6, 6.07) is 26.4. The van der Waals surface area contributed by atoms with Crippen LogP contribution in [0.4, 0.5) is 11.9 Å².